The number of morpholine rings is 1. The van der Waals surface area contributed by atoms with Gasteiger partial charge in [0, 0.05) is 26.2 Å². The molecule has 0 radical (unpaired) electrons. The lowest BCUT2D eigenvalue weighted by molar-refractivity contribution is -0.133. The number of rotatable bonds is 4. The van der Waals surface area contributed by atoms with Crippen molar-refractivity contribution in [1.29, 1.82) is 0 Å². The summed E-state index contributed by atoms with van der Waals surface area (Å²) in [5.74, 6) is 0.177. The van der Waals surface area contributed by atoms with Crippen molar-refractivity contribution in [2.75, 3.05) is 33.3 Å². The van der Waals surface area contributed by atoms with Crippen LogP contribution >= 0.6 is 12.2 Å². The third-order valence-corrected chi connectivity index (χ3v) is 3.58. The zero-order valence-corrected chi connectivity index (χ0v) is 10.9. The fourth-order valence-electron chi connectivity index (χ4n) is 1.99. The largest absolute Gasteiger partial charge is 0.391 e. The molecule has 1 atom stereocenters. The Balaban J connectivity index is 1.81. The molecule has 2 aliphatic rings. The molecule has 17 heavy (non-hydrogen) atoms. The van der Waals surface area contributed by atoms with E-state index >= 15 is 0 Å². The van der Waals surface area contributed by atoms with Crippen molar-refractivity contribution in [1.82, 2.24) is 9.80 Å². The summed E-state index contributed by atoms with van der Waals surface area (Å²) in [6.07, 6.45) is 2.07. The van der Waals surface area contributed by atoms with Gasteiger partial charge in [0.15, 0.2) is 0 Å². The Morgan fingerprint density at radius 2 is 2.29 bits per heavy atom. The summed E-state index contributed by atoms with van der Waals surface area (Å²) in [5, 5.41) is 0. The molecule has 0 spiro atoms. The molecule has 2 fully saturated rings. The van der Waals surface area contributed by atoms with Crippen LogP contribution in [0.3, 0.4) is 0 Å². The molecule has 0 aromatic rings. The quantitative estimate of drug-likeness (QED) is 0.694. The maximum Gasteiger partial charge on any atom is 0.236 e. The van der Waals surface area contributed by atoms with Crippen molar-refractivity contribution in [3.05, 3.63) is 0 Å². The van der Waals surface area contributed by atoms with Gasteiger partial charge in [-0.2, -0.15) is 0 Å². The van der Waals surface area contributed by atoms with Gasteiger partial charge in [-0.15, -0.1) is 0 Å². The van der Waals surface area contributed by atoms with E-state index in [1.165, 1.54) is 0 Å². The molecule has 2 rings (SSSR count). The highest BCUT2D eigenvalue weighted by Crippen LogP contribution is 2.25. The van der Waals surface area contributed by atoms with Gasteiger partial charge in [-0.3, -0.25) is 9.69 Å². The van der Waals surface area contributed by atoms with E-state index in [1.54, 1.807) is 0 Å². The topological polar surface area (TPSA) is 58.8 Å². The van der Waals surface area contributed by atoms with Crippen LogP contribution in [0, 0.1) is 0 Å². The summed E-state index contributed by atoms with van der Waals surface area (Å²) in [4.78, 5) is 16.2. The Kier molecular flexibility index (Phi) is 3.96. The number of carbonyl (C=O) groups excluding carboxylic acids is 1. The third-order valence-electron chi connectivity index (χ3n) is 3.31. The van der Waals surface area contributed by atoms with Gasteiger partial charge in [0.05, 0.1) is 13.2 Å². The van der Waals surface area contributed by atoms with Crippen LogP contribution in [0.25, 0.3) is 0 Å². The minimum Gasteiger partial charge on any atom is -0.391 e. The van der Waals surface area contributed by atoms with Gasteiger partial charge in [-0.05, 0) is 12.8 Å². The van der Waals surface area contributed by atoms with Crippen molar-refractivity contribution in [2.45, 2.75) is 25.0 Å². The van der Waals surface area contributed by atoms with E-state index in [4.69, 9.17) is 22.7 Å². The first-order chi connectivity index (χ1) is 8.08. The molecule has 1 unspecified atom stereocenters. The second-order valence-corrected chi connectivity index (χ2v) is 5.20. The highest BCUT2D eigenvalue weighted by Gasteiger charge is 2.31. The number of ether oxygens (including phenoxy) is 1. The number of carbonyl (C=O) groups is 1. The van der Waals surface area contributed by atoms with Crippen LogP contribution in [0.15, 0.2) is 0 Å². The molecule has 1 aliphatic carbocycles. The highest BCUT2D eigenvalue weighted by molar-refractivity contribution is 7.80. The van der Waals surface area contributed by atoms with Crippen LogP contribution in [0.1, 0.15) is 12.8 Å². The molecular weight excluding hydrogens is 238 g/mol. The lowest BCUT2D eigenvalue weighted by Gasteiger charge is -2.32. The summed E-state index contributed by atoms with van der Waals surface area (Å²) in [6.45, 7) is 2.42. The second-order valence-electron chi connectivity index (χ2n) is 4.73. The average molecular weight is 257 g/mol. The predicted octanol–water partition coefficient (Wildman–Crippen LogP) is -0.406. The number of likely N-dealkylation sites (N-methyl/N-ethyl adjacent to an activating group) is 1. The van der Waals surface area contributed by atoms with E-state index in [1.807, 2.05) is 11.9 Å². The number of hydrogen-bond acceptors (Lipinski definition) is 4. The summed E-state index contributed by atoms with van der Waals surface area (Å²) < 4.78 is 5.44. The molecule has 5 nitrogen and oxygen atoms in total. The van der Waals surface area contributed by atoms with Crippen LogP contribution in [0.4, 0.5) is 0 Å². The summed E-state index contributed by atoms with van der Waals surface area (Å²) in [6, 6.07) is 0.468. The van der Waals surface area contributed by atoms with Crippen LogP contribution in [0.5, 0.6) is 0 Å². The number of amides is 1. The molecule has 1 saturated heterocycles. The first kappa shape index (κ1) is 12.7. The molecule has 1 heterocycles. The molecule has 1 saturated carbocycles. The predicted molar refractivity (Wildman–Crippen MR) is 68.8 cm³/mol. The molecule has 1 aliphatic heterocycles. The van der Waals surface area contributed by atoms with Gasteiger partial charge in [0.1, 0.15) is 11.1 Å². The smallest absolute Gasteiger partial charge is 0.236 e. The van der Waals surface area contributed by atoms with Crippen LogP contribution in [-0.4, -0.2) is 66.1 Å². The van der Waals surface area contributed by atoms with Gasteiger partial charge >= 0.3 is 0 Å². The minimum atomic E-state index is -0.210. The third kappa shape index (κ3) is 3.37. The van der Waals surface area contributed by atoms with Gasteiger partial charge in [-0.1, -0.05) is 12.2 Å². The Morgan fingerprint density at radius 3 is 2.88 bits per heavy atom. The monoisotopic (exact) mass is 257 g/mol. The van der Waals surface area contributed by atoms with E-state index in [9.17, 15) is 4.79 Å². The SMILES string of the molecule is CN(C(=O)CN1CCOC(C(N)=S)C1)C1CC1. The molecule has 6 heteroatoms. The standard InChI is InChI=1S/C11H19N3O2S/c1-13(8-2-3-8)10(15)7-14-4-5-16-9(6-14)11(12)17/h8-9H,2-7H2,1H3,(H2,12,17). The van der Waals surface area contributed by atoms with Crippen molar-refractivity contribution in [3.63, 3.8) is 0 Å². The van der Waals surface area contributed by atoms with Crippen molar-refractivity contribution in [2.24, 2.45) is 5.73 Å². The summed E-state index contributed by atoms with van der Waals surface area (Å²) in [7, 11) is 1.88. The number of nitrogens with zero attached hydrogens (tertiary/aromatic N) is 2. The number of nitrogens with two attached hydrogens (primary N) is 1. The van der Waals surface area contributed by atoms with Gasteiger partial charge in [0.2, 0.25) is 5.91 Å². The van der Waals surface area contributed by atoms with Gasteiger partial charge in [0.25, 0.3) is 0 Å². The molecule has 0 bridgehead atoms. The Bertz CT molecular complexity index is 320. The van der Waals surface area contributed by atoms with Crippen LogP contribution in [-0.2, 0) is 9.53 Å². The fourth-order valence-corrected chi connectivity index (χ4v) is 2.13. The van der Waals surface area contributed by atoms with E-state index < -0.39 is 0 Å². The second kappa shape index (κ2) is 5.29. The van der Waals surface area contributed by atoms with Crippen LogP contribution < -0.4 is 5.73 Å². The van der Waals surface area contributed by atoms with Gasteiger partial charge < -0.3 is 15.4 Å². The van der Waals surface area contributed by atoms with Crippen molar-refractivity contribution in [3.8, 4) is 0 Å². The molecule has 96 valence electrons. The first-order valence-corrected chi connectivity index (χ1v) is 6.37. The molecular formula is C11H19N3O2S. The molecule has 1 amide bonds. The van der Waals surface area contributed by atoms with Crippen molar-refractivity contribution < 1.29 is 9.53 Å². The average Bonchev–Trinajstić information content (AvgIpc) is 3.12. The van der Waals surface area contributed by atoms with Crippen molar-refractivity contribution >= 4 is 23.1 Å². The first-order valence-electron chi connectivity index (χ1n) is 5.97. The zero-order valence-electron chi connectivity index (χ0n) is 10.1. The maximum absolute atomic E-state index is 11.9. The summed E-state index contributed by atoms with van der Waals surface area (Å²) in [5.41, 5.74) is 5.56. The van der Waals surface area contributed by atoms with E-state index in [0.29, 0.717) is 30.7 Å². The minimum absolute atomic E-state index is 0.177. The van der Waals surface area contributed by atoms with Gasteiger partial charge in [-0.25, -0.2) is 0 Å². The molecule has 0 aromatic carbocycles. The molecule has 0 aromatic heterocycles. The lowest BCUT2D eigenvalue weighted by atomic mass is 10.2. The zero-order chi connectivity index (χ0) is 12.4. The normalized spacial score (nSPS) is 25.6. The van der Waals surface area contributed by atoms with Crippen LogP contribution in [0.2, 0.25) is 0 Å². The summed E-state index contributed by atoms with van der Waals surface area (Å²) >= 11 is 4.92. The molecule has 2 N–H and O–H groups in total. The lowest BCUT2D eigenvalue weighted by Crippen LogP contribution is -2.50. The van der Waals surface area contributed by atoms with E-state index in [2.05, 4.69) is 4.90 Å². The Morgan fingerprint density at radius 1 is 1.59 bits per heavy atom. The van der Waals surface area contributed by atoms with E-state index in [-0.39, 0.29) is 12.0 Å². The Labute approximate surface area is 107 Å². The van der Waals surface area contributed by atoms with E-state index in [0.717, 1.165) is 19.4 Å². The fraction of sp³-hybridized carbons (Fsp3) is 0.818. The highest BCUT2D eigenvalue weighted by atomic mass is 32.1. The maximum atomic E-state index is 11.9. The number of hydrogen-bond donors (Lipinski definition) is 1. The Hall–Kier alpha value is -0.720. The number of thiocarbonyl (C=S) groups is 1.